The molecule has 4 rings (SSSR count). The largest absolute Gasteiger partial charge is 0.507 e. The van der Waals surface area contributed by atoms with E-state index in [9.17, 15) is 9.90 Å². The average molecular weight is 394 g/mol. The van der Waals surface area contributed by atoms with Gasteiger partial charge in [-0.3, -0.25) is 4.79 Å². The third-order valence-corrected chi connectivity index (χ3v) is 4.39. The molecule has 0 aliphatic carbocycles. The van der Waals surface area contributed by atoms with Crippen LogP contribution < -0.4 is 0 Å². The van der Waals surface area contributed by atoms with Crippen LogP contribution in [-0.4, -0.2) is 25.5 Å². The van der Waals surface area contributed by atoms with Gasteiger partial charge in [-0.1, -0.05) is 40.2 Å². The standard InChI is InChI=1S/C19H12BrN3O2/c20-14-7-5-12(6-8-14)16-9-18-21-10-13(11-23(18)22-16)19(25)15-3-1-2-4-17(15)24/h1-11,24H. The molecular weight excluding hydrogens is 382 g/mol. The van der Waals surface area contributed by atoms with Crippen LogP contribution in [0.15, 0.2) is 71.5 Å². The zero-order valence-corrected chi connectivity index (χ0v) is 14.5. The van der Waals surface area contributed by atoms with Crippen LogP contribution >= 0.6 is 15.9 Å². The summed E-state index contributed by atoms with van der Waals surface area (Å²) in [5.41, 5.74) is 2.98. The molecule has 0 saturated carbocycles. The fourth-order valence-corrected chi connectivity index (χ4v) is 2.84. The van der Waals surface area contributed by atoms with Crippen molar-refractivity contribution in [1.29, 1.82) is 0 Å². The Hall–Kier alpha value is -2.99. The zero-order valence-electron chi connectivity index (χ0n) is 12.9. The van der Waals surface area contributed by atoms with Crippen LogP contribution in [-0.2, 0) is 0 Å². The van der Waals surface area contributed by atoms with Crippen LogP contribution in [0, 0.1) is 0 Å². The molecule has 4 aromatic rings. The second-order valence-corrected chi connectivity index (χ2v) is 6.44. The van der Waals surface area contributed by atoms with Gasteiger partial charge in [-0.15, -0.1) is 0 Å². The molecular formula is C19H12BrN3O2. The second-order valence-electron chi connectivity index (χ2n) is 5.53. The number of ketones is 1. The number of hydrogen-bond acceptors (Lipinski definition) is 4. The van der Waals surface area contributed by atoms with Crippen molar-refractivity contribution in [3.8, 4) is 17.0 Å². The highest BCUT2D eigenvalue weighted by molar-refractivity contribution is 9.10. The second kappa shape index (κ2) is 6.14. The normalized spacial score (nSPS) is 10.9. The van der Waals surface area contributed by atoms with E-state index in [4.69, 9.17) is 0 Å². The third kappa shape index (κ3) is 2.92. The smallest absolute Gasteiger partial charge is 0.199 e. The first kappa shape index (κ1) is 15.5. The van der Waals surface area contributed by atoms with E-state index in [1.54, 1.807) is 28.9 Å². The molecule has 2 aromatic carbocycles. The predicted octanol–water partition coefficient (Wildman–Crippen LogP) is 4.10. The van der Waals surface area contributed by atoms with Gasteiger partial charge in [0.05, 0.1) is 16.8 Å². The van der Waals surface area contributed by atoms with E-state index < -0.39 is 0 Å². The summed E-state index contributed by atoms with van der Waals surface area (Å²) >= 11 is 3.41. The number of aromatic nitrogens is 3. The molecule has 0 saturated heterocycles. The van der Waals surface area contributed by atoms with Gasteiger partial charge < -0.3 is 5.11 Å². The summed E-state index contributed by atoms with van der Waals surface area (Å²) < 4.78 is 2.57. The van der Waals surface area contributed by atoms with E-state index in [2.05, 4.69) is 26.0 Å². The molecule has 0 aliphatic heterocycles. The molecule has 25 heavy (non-hydrogen) atoms. The number of aromatic hydroxyl groups is 1. The van der Waals surface area contributed by atoms with Gasteiger partial charge in [0.25, 0.3) is 0 Å². The lowest BCUT2D eigenvalue weighted by atomic mass is 10.1. The number of carbonyl (C=O) groups excluding carboxylic acids is 1. The maximum Gasteiger partial charge on any atom is 0.199 e. The Kier molecular flexibility index (Phi) is 3.82. The summed E-state index contributed by atoms with van der Waals surface area (Å²) in [6.45, 7) is 0. The van der Waals surface area contributed by atoms with Gasteiger partial charge in [0.15, 0.2) is 11.4 Å². The number of nitrogens with zero attached hydrogens (tertiary/aromatic N) is 3. The monoisotopic (exact) mass is 393 g/mol. The zero-order chi connectivity index (χ0) is 17.4. The first-order valence-corrected chi connectivity index (χ1v) is 8.35. The number of carbonyl (C=O) groups is 1. The van der Waals surface area contributed by atoms with Gasteiger partial charge >= 0.3 is 0 Å². The van der Waals surface area contributed by atoms with Gasteiger partial charge in [-0.2, -0.15) is 5.10 Å². The van der Waals surface area contributed by atoms with E-state index in [1.165, 1.54) is 12.3 Å². The van der Waals surface area contributed by atoms with Gasteiger partial charge in [0, 0.05) is 28.5 Å². The number of halogens is 1. The molecule has 0 amide bonds. The molecule has 5 nitrogen and oxygen atoms in total. The summed E-state index contributed by atoms with van der Waals surface area (Å²) in [6, 6.07) is 16.1. The van der Waals surface area contributed by atoms with E-state index >= 15 is 0 Å². The molecule has 0 bridgehead atoms. The van der Waals surface area contributed by atoms with Crippen molar-refractivity contribution in [3.63, 3.8) is 0 Å². The molecule has 0 spiro atoms. The SMILES string of the molecule is O=C(c1cnc2cc(-c3ccc(Br)cc3)nn2c1)c1ccccc1O. The van der Waals surface area contributed by atoms with Crippen molar-refractivity contribution >= 4 is 27.4 Å². The highest BCUT2D eigenvalue weighted by atomic mass is 79.9. The van der Waals surface area contributed by atoms with Crippen molar-refractivity contribution in [1.82, 2.24) is 14.6 Å². The lowest BCUT2D eigenvalue weighted by molar-refractivity contribution is 0.103. The van der Waals surface area contributed by atoms with Crippen molar-refractivity contribution in [3.05, 3.63) is 82.6 Å². The quantitative estimate of drug-likeness (QED) is 0.532. The minimum absolute atomic E-state index is 0.0522. The van der Waals surface area contributed by atoms with E-state index in [1.807, 2.05) is 30.3 Å². The van der Waals surface area contributed by atoms with Crippen LogP contribution in [0.4, 0.5) is 0 Å². The van der Waals surface area contributed by atoms with Gasteiger partial charge in [-0.25, -0.2) is 9.50 Å². The minimum Gasteiger partial charge on any atom is -0.507 e. The Morgan fingerprint density at radius 3 is 2.60 bits per heavy atom. The number of hydrogen-bond donors (Lipinski definition) is 1. The molecule has 0 radical (unpaired) electrons. The average Bonchev–Trinajstić information content (AvgIpc) is 3.05. The molecule has 0 atom stereocenters. The van der Waals surface area contributed by atoms with Crippen molar-refractivity contribution in [2.75, 3.05) is 0 Å². The Morgan fingerprint density at radius 1 is 1.08 bits per heavy atom. The van der Waals surface area contributed by atoms with Crippen molar-refractivity contribution in [2.45, 2.75) is 0 Å². The number of para-hydroxylation sites is 1. The van der Waals surface area contributed by atoms with Crippen molar-refractivity contribution in [2.24, 2.45) is 0 Å². The Labute approximate surface area is 151 Å². The Bertz CT molecular complexity index is 1090. The topological polar surface area (TPSA) is 67.5 Å². The predicted molar refractivity (Wildman–Crippen MR) is 97.7 cm³/mol. The summed E-state index contributed by atoms with van der Waals surface area (Å²) in [5, 5.41) is 14.4. The van der Waals surface area contributed by atoms with Crippen LogP contribution in [0.5, 0.6) is 5.75 Å². The molecule has 122 valence electrons. The van der Waals surface area contributed by atoms with Crippen LogP contribution in [0.3, 0.4) is 0 Å². The summed E-state index contributed by atoms with van der Waals surface area (Å²) in [5.74, 6) is -0.350. The highest BCUT2D eigenvalue weighted by Crippen LogP contribution is 2.23. The number of phenolic OH excluding ortho intramolecular Hbond substituents is 1. The van der Waals surface area contributed by atoms with Gasteiger partial charge in [0.1, 0.15) is 5.75 Å². The van der Waals surface area contributed by atoms with E-state index in [-0.39, 0.29) is 17.1 Å². The molecule has 0 aliphatic rings. The summed E-state index contributed by atoms with van der Waals surface area (Å²) in [6.07, 6.45) is 3.12. The molecule has 2 aromatic heterocycles. The molecule has 0 fully saturated rings. The molecule has 0 unspecified atom stereocenters. The maximum absolute atomic E-state index is 12.6. The fraction of sp³-hybridized carbons (Fsp3) is 0. The lowest BCUT2D eigenvalue weighted by Crippen LogP contribution is -2.04. The lowest BCUT2D eigenvalue weighted by Gasteiger charge is -2.03. The summed E-state index contributed by atoms with van der Waals surface area (Å²) in [7, 11) is 0. The van der Waals surface area contributed by atoms with E-state index in [0.29, 0.717) is 11.2 Å². The fourth-order valence-electron chi connectivity index (χ4n) is 2.58. The molecule has 2 heterocycles. The minimum atomic E-state index is -0.298. The van der Waals surface area contributed by atoms with Gasteiger partial charge in [-0.05, 0) is 24.3 Å². The number of fused-ring (bicyclic) bond motifs is 1. The summed E-state index contributed by atoms with van der Waals surface area (Å²) in [4.78, 5) is 16.9. The highest BCUT2D eigenvalue weighted by Gasteiger charge is 2.15. The molecule has 1 N–H and O–H groups in total. The first-order chi connectivity index (χ1) is 12.1. The molecule has 6 heteroatoms. The Morgan fingerprint density at radius 2 is 1.84 bits per heavy atom. The van der Waals surface area contributed by atoms with Crippen LogP contribution in [0.25, 0.3) is 16.9 Å². The van der Waals surface area contributed by atoms with Crippen molar-refractivity contribution < 1.29 is 9.90 Å². The third-order valence-electron chi connectivity index (χ3n) is 3.86. The number of rotatable bonds is 3. The van der Waals surface area contributed by atoms with Crippen LogP contribution in [0.2, 0.25) is 0 Å². The Balaban J connectivity index is 1.74. The van der Waals surface area contributed by atoms with Gasteiger partial charge in [0.2, 0.25) is 0 Å². The van der Waals surface area contributed by atoms with Crippen LogP contribution in [0.1, 0.15) is 15.9 Å². The maximum atomic E-state index is 12.6. The number of benzene rings is 2. The first-order valence-electron chi connectivity index (χ1n) is 7.56. The number of phenols is 1. The van der Waals surface area contributed by atoms with E-state index in [0.717, 1.165) is 15.7 Å².